The van der Waals surface area contributed by atoms with Crippen LogP contribution in [0.2, 0.25) is 0 Å². The molecule has 1 amide bonds. The molecule has 20 heavy (non-hydrogen) atoms. The maximum absolute atomic E-state index is 13.0. The van der Waals surface area contributed by atoms with Crippen molar-refractivity contribution in [1.82, 2.24) is 4.90 Å². The van der Waals surface area contributed by atoms with Gasteiger partial charge in [0.25, 0.3) is 0 Å². The number of carbonyl (C=O) groups excluding carboxylic acids is 1. The maximum atomic E-state index is 13.0. The molecule has 0 bridgehead atoms. The van der Waals surface area contributed by atoms with Crippen LogP contribution in [-0.2, 0) is 15.0 Å². The predicted octanol–water partition coefficient (Wildman–Crippen LogP) is 1.66. The molecule has 1 saturated heterocycles. The molecular weight excluding hydrogens is 285 g/mol. The van der Waals surface area contributed by atoms with Gasteiger partial charge in [-0.2, -0.15) is 8.42 Å². The van der Waals surface area contributed by atoms with Crippen molar-refractivity contribution in [1.29, 1.82) is 0 Å². The Bertz CT molecular complexity index is 599. The zero-order valence-electron chi connectivity index (χ0n) is 11.2. The van der Waals surface area contributed by atoms with Gasteiger partial charge in [0.05, 0.1) is 13.2 Å². The first kappa shape index (κ1) is 14.8. The van der Waals surface area contributed by atoms with E-state index in [-0.39, 0.29) is 24.9 Å². The molecule has 1 heterocycles. The van der Waals surface area contributed by atoms with Gasteiger partial charge in [0, 0.05) is 13.0 Å². The van der Waals surface area contributed by atoms with E-state index in [4.69, 9.17) is 4.74 Å². The van der Waals surface area contributed by atoms with Crippen LogP contribution in [0.1, 0.15) is 24.9 Å². The normalized spacial score (nSPS) is 21.1. The van der Waals surface area contributed by atoms with E-state index in [2.05, 4.69) is 0 Å². The fraction of sp³-hybridized carbons (Fsp3) is 0.462. The zero-order valence-corrected chi connectivity index (χ0v) is 12.1. The van der Waals surface area contributed by atoms with Crippen LogP contribution in [0.5, 0.6) is 5.75 Å². The number of likely N-dealkylation sites (tertiary alicyclic amines) is 1. The Balaban J connectivity index is 2.16. The second-order valence-corrected chi connectivity index (χ2v) is 6.41. The first-order valence-corrected chi connectivity index (χ1v) is 7.64. The Kier molecular flexibility index (Phi) is 3.99. The highest BCUT2D eigenvalue weighted by atomic mass is 32.3. The van der Waals surface area contributed by atoms with Crippen molar-refractivity contribution in [2.24, 2.45) is 0 Å². The molecule has 0 saturated carbocycles. The van der Waals surface area contributed by atoms with E-state index >= 15 is 0 Å². The van der Waals surface area contributed by atoms with Gasteiger partial charge >= 0.3 is 10.2 Å². The molecule has 1 unspecified atom stereocenters. The van der Waals surface area contributed by atoms with Crippen LogP contribution in [0.25, 0.3) is 0 Å². The lowest BCUT2D eigenvalue weighted by Crippen LogP contribution is -2.30. The smallest absolute Gasteiger partial charge is 0.307 e. The molecule has 2 atom stereocenters. The van der Waals surface area contributed by atoms with Crippen LogP contribution in [0.4, 0.5) is 3.89 Å². The van der Waals surface area contributed by atoms with E-state index in [0.29, 0.717) is 5.75 Å². The largest absolute Gasteiger partial charge is 0.497 e. The van der Waals surface area contributed by atoms with Gasteiger partial charge in [0.2, 0.25) is 5.91 Å². The van der Waals surface area contributed by atoms with E-state index in [0.717, 1.165) is 5.56 Å². The van der Waals surface area contributed by atoms with E-state index < -0.39 is 15.5 Å². The second kappa shape index (κ2) is 5.40. The molecular formula is C13H16FNO4S. The number of benzene rings is 1. The Hall–Kier alpha value is -1.63. The molecule has 0 aromatic heterocycles. The lowest BCUT2D eigenvalue weighted by Gasteiger charge is -2.25. The Morgan fingerprint density at radius 1 is 1.35 bits per heavy atom. The van der Waals surface area contributed by atoms with Crippen molar-refractivity contribution in [3.63, 3.8) is 0 Å². The maximum Gasteiger partial charge on any atom is 0.307 e. The van der Waals surface area contributed by atoms with E-state index in [1.807, 2.05) is 0 Å². The molecule has 5 nitrogen and oxygen atoms in total. The summed E-state index contributed by atoms with van der Waals surface area (Å²) < 4.78 is 39.8. The molecule has 2 rings (SSSR count). The highest BCUT2D eigenvalue weighted by Crippen LogP contribution is 2.29. The molecule has 1 aliphatic rings. The monoisotopic (exact) mass is 301 g/mol. The van der Waals surface area contributed by atoms with Gasteiger partial charge in [-0.1, -0.05) is 12.1 Å². The van der Waals surface area contributed by atoms with E-state index in [1.165, 1.54) is 4.90 Å². The van der Waals surface area contributed by atoms with Crippen LogP contribution >= 0.6 is 0 Å². The lowest BCUT2D eigenvalue weighted by atomic mass is 10.1. The number of hydrogen-bond donors (Lipinski definition) is 0. The molecule has 1 aromatic rings. The van der Waals surface area contributed by atoms with Crippen molar-refractivity contribution in [3.8, 4) is 5.75 Å². The minimum atomic E-state index is -4.68. The van der Waals surface area contributed by atoms with Crippen LogP contribution in [0, 0.1) is 0 Å². The number of halogens is 1. The van der Waals surface area contributed by atoms with Gasteiger partial charge < -0.3 is 9.64 Å². The van der Waals surface area contributed by atoms with Gasteiger partial charge in [-0.3, -0.25) is 4.79 Å². The van der Waals surface area contributed by atoms with E-state index in [9.17, 15) is 17.1 Å². The van der Waals surface area contributed by atoms with Crippen LogP contribution in [0.3, 0.4) is 0 Å². The topological polar surface area (TPSA) is 63.7 Å². The average Bonchev–Trinajstić information content (AvgIpc) is 2.80. The van der Waals surface area contributed by atoms with Crippen LogP contribution in [0.15, 0.2) is 24.3 Å². The molecule has 0 aliphatic carbocycles. The second-order valence-electron chi connectivity index (χ2n) is 4.80. The quantitative estimate of drug-likeness (QED) is 0.793. The van der Waals surface area contributed by atoms with Gasteiger partial charge in [0.15, 0.2) is 0 Å². The minimum absolute atomic E-state index is 0.106. The van der Waals surface area contributed by atoms with Gasteiger partial charge in [0.1, 0.15) is 11.0 Å². The standard InChI is InChI=1S/C13H16FNO4S/c1-9(10-3-5-11(19-2)6-4-10)15-8-12(7-13(15)16)20(14,17)18/h3-6,9,12H,7-8H2,1-2H3/t9-,12?/m0/s1. The summed E-state index contributed by atoms with van der Waals surface area (Å²) in [5.41, 5.74) is 0.844. The third kappa shape index (κ3) is 2.92. The lowest BCUT2D eigenvalue weighted by molar-refractivity contribution is -0.129. The third-order valence-electron chi connectivity index (χ3n) is 3.59. The number of hydrogen-bond acceptors (Lipinski definition) is 4. The molecule has 0 spiro atoms. The fourth-order valence-electron chi connectivity index (χ4n) is 2.32. The highest BCUT2D eigenvalue weighted by Gasteiger charge is 2.40. The van der Waals surface area contributed by atoms with Crippen molar-refractivity contribution in [3.05, 3.63) is 29.8 Å². The van der Waals surface area contributed by atoms with Crippen LogP contribution < -0.4 is 4.74 Å². The van der Waals surface area contributed by atoms with Crippen molar-refractivity contribution in [2.75, 3.05) is 13.7 Å². The average molecular weight is 301 g/mol. The minimum Gasteiger partial charge on any atom is -0.497 e. The summed E-state index contributed by atoms with van der Waals surface area (Å²) in [5, 5.41) is -1.25. The van der Waals surface area contributed by atoms with Gasteiger partial charge in [-0.15, -0.1) is 3.89 Å². The Labute approximate surface area is 117 Å². The SMILES string of the molecule is COc1ccc([C@H](C)N2CC(S(=O)(=O)F)CC2=O)cc1. The summed E-state index contributed by atoms with van der Waals surface area (Å²) in [6.07, 6.45) is -0.292. The number of carbonyl (C=O) groups is 1. The van der Waals surface area contributed by atoms with Crippen molar-refractivity contribution in [2.45, 2.75) is 24.6 Å². The first-order valence-electron chi connectivity index (χ1n) is 6.20. The molecule has 1 fully saturated rings. The molecule has 1 aromatic carbocycles. The molecule has 110 valence electrons. The van der Waals surface area contributed by atoms with Gasteiger partial charge in [-0.25, -0.2) is 0 Å². The summed E-state index contributed by atoms with van der Waals surface area (Å²) in [5.74, 6) is 0.345. The van der Waals surface area contributed by atoms with Gasteiger partial charge in [-0.05, 0) is 24.6 Å². The Morgan fingerprint density at radius 2 is 1.95 bits per heavy atom. The summed E-state index contributed by atoms with van der Waals surface area (Å²) in [6, 6.07) is 6.81. The number of nitrogens with zero attached hydrogens (tertiary/aromatic N) is 1. The number of rotatable bonds is 4. The zero-order chi connectivity index (χ0) is 14.9. The summed E-state index contributed by atoms with van der Waals surface area (Å²) >= 11 is 0. The van der Waals surface area contributed by atoms with Crippen LogP contribution in [-0.4, -0.2) is 38.1 Å². The van der Waals surface area contributed by atoms with Crippen molar-refractivity contribution >= 4 is 16.1 Å². The highest BCUT2D eigenvalue weighted by molar-refractivity contribution is 7.87. The molecule has 1 aliphatic heterocycles. The van der Waals surface area contributed by atoms with E-state index in [1.54, 1.807) is 38.3 Å². The fourth-order valence-corrected chi connectivity index (χ4v) is 3.00. The number of amides is 1. The molecule has 7 heteroatoms. The predicted molar refractivity (Wildman–Crippen MR) is 71.6 cm³/mol. The van der Waals surface area contributed by atoms with Crippen molar-refractivity contribution < 1.29 is 21.8 Å². The number of methoxy groups -OCH3 is 1. The summed E-state index contributed by atoms with van der Waals surface area (Å²) in [7, 11) is -3.12. The summed E-state index contributed by atoms with van der Waals surface area (Å²) in [6.45, 7) is 1.68. The third-order valence-corrected chi connectivity index (χ3v) is 4.70. The Morgan fingerprint density at radius 3 is 2.40 bits per heavy atom. The number of ether oxygens (including phenoxy) is 1. The first-order chi connectivity index (χ1) is 9.32. The molecule has 0 radical (unpaired) electrons. The molecule has 0 N–H and O–H groups in total. The summed E-state index contributed by atoms with van der Waals surface area (Å²) in [4.78, 5) is 13.2.